The Kier molecular flexibility index (Phi) is 5.76. The van der Waals surface area contributed by atoms with Crippen molar-refractivity contribution in [3.05, 3.63) is 69.8 Å². The lowest BCUT2D eigenvalue weighted by Gasteiger charge is -2.17. The van der Waals surface area contributed by atoms with E-state index in [9.17, 15) is 23.7 Å². The molecule has 2 aromatic rings. The summed E-state index contributed by atoms with van der Waals surface area (Å²) in [5.74, 6) is -1.81. The van der Waals surface area contributed by atoms with Crippen molar-refractivity contribution in [2.75, 3.05) is 5.32 Å². The number of benzene rings is 2. The zero-order valence-electron chi connectivity index (χ0n) is 13.7. The van der Waals surface area contributed by atoms with Crippen molar-refractivity contribution in [2.24, 2.45) is 0 Å². The minimum Gasteiger partial charge on any atom is -0.330 e. The normalized spacial score (nSPS) is 13.1. The van der Waals surface area contributed by atoms with Crippen LogP contribution < -0.4 is 10.6 Å². The van der Waals surface area contributed by atoms with E-state index >= 15 is 0 Å². The number of hydrogen-bond acceptors (Lipinski definition) is 3. The predicted molar refractivity (Wildman–Crippen MR) is 87.9 cm³/mol. The number of nitrogens with one attached hydrogen (secondary N) is 1. The van der Waals surface area contributed by atoms with Gasteiger partial charge in [0.15, 0.2) is 6.04 Å². The fourth-order valence-electron chi connectivity index (χ4n) is 2.48. The number of amides is 1. The summed E-state index contributed by atoms with van der Waals surface area (Å²) in [6.45, 7) is 3.28. The van der Waals surface area contributed by atoms with Crippen LogP contribution in [0.15, 0.2) is 42.5 Å². The Morgan fingerprint density at radius 3 is 2.52 bits per heavy atom. The molecule has 0 aliphatic carbocycles. The van der Waals surface area contributed by atoms with Crippen LogP contribution in [0.3, 0.4) is 0 Å². The number of nitro groups is 1. The van der Waals surface area contributed by atoms with Crippen molar-refractivity contribution >= 4 is 17.3 Å². The molecule has 0 bridgehead atoms. The van der Waals surface area contributed by atoms with E-state index in [1.807, 2.05) is 0 Å². The molecule has 25 heavy (non-hydrogen) atoms. The molecule has 0 fully saturated rings. The first-order chi connectivity index (χ1) is 11.8. The summed E-state index contributed by atoms with van der Waals surface area (Å²) < 4.78 is 26.8. The zero-order chi connectivity index (χ0) is 18.6. The Labute approximate surface area is 143 Å². The van der Waals surface area contributed by atoms with Crippen LogP contribution in [0.2, 0.25) is 0 Å². The highest BCUT2D eigenvalue weighted by Gasteiger charge is 2.24. The molecule has 2 aromatic carbocycles. The predicted octanol–water partition coefficient (Wildman–Crippen LogP) is 2.52. The molecule has 2 rings (SSSR count). The molecular formula is C17H18F2N3O3+. The number of halogens is 2. The topological polar surface area (TPSA) is 88.8 Å². The second-order valence-electron chi connectivity index (χ2n) is 5.70. The van der Waals surface area contributed by atoms with Crippen molar-refractivity contribution in [1.82, 2.24) is 0 Å². The number of nitrogens with zero attached hydrogens (tertiary/aromatic N) is 1. The van der Waals surface area contributed by atoms with Crippen LogP contribution in [0.25, 0.3) is 0 Å². The van der Waals surface area contributed by atoms with Gasteiger partial charge in [-0.25, -0.2) is 8.78 Å². The van der Waals surface area contributed by atoms with Crippen LogP contribution in [0.1, 0.15) is 25.5 Å². The molecule has 132 valence electrons. The van der Waals surface area contributed by atoms with E-state index in [-0.39, 0.29) is 16.9 Å². The summed E-state index contributed by atoms with van der Waals surface area (Å²) >= 11 is 0. The van der Waals surface area contributed by atoms with E-state index in [1.165, 1.54) is 24.3 Å². The van der Waals surface area contributed by atoms with Gasteiger partial charge >= 0.3 is 0 Å². The molecular weight excluding hydrogens is 332 g/mol. The van der Waals surface area contributed by atoms with E-state index in [1.54, 1.807) is 25.2 Å². The minimum atomic E-state index is -0.685. The molecule has 0 aliphatic rings. The number of nitrogens with two attached hydrogens (primary N) is 1. The van der Waals surface area contributed by atoms with Gasteiger partial charge in [-0.1, -0.05) is 12.1 Å². The summed E-state index contributed by atoms with van der Waals surface area (Å²) in [6, 6.07) is 8.01. The number of hydrogen-bond donors (Lipinski definition) is 2. The minimum absolute atomic E-state index is 0.0957. The largest absolute Gasteiger partial charge is 0.330 e. The van der Waals surface area contributed by atoms with E-state index in [0.29, 0.717) is 0 Å². The van der Waals surface area contributed by atoms with Gasteiger partial charge in [-0.3, -0.25) is 14.9 Å². The van der Waals surface area contributed by atoms with E-state index in [4.69, 9.17) is 0 Å². The fraction of sp³-hybridized carbons (Fsp3) is 0.235. The fourth-order valence-corrected chi connectivity index (χ4v) is 2.48. The Bertz CT molecular complexity index is 798. The third kappa shape index (κ3) is 4.57. The van der Waals surface area contributed by atoms with Gasteiger partial charge < -0.3 is 10.6 Å². The second kappa shape index (κ2) is 7.80. The van der Waals surface area contributed by atoms with E-state index in [2.05, 4.69) is 5.32 Å². The molecule has 2 atom stereocenters. The van der Waals surface area contributed by atoms with Crippen molar-refractivity contribution in [2.45, 2.75) is 25.9 Å². The summed E-state index contributed by atoms with van der Waals surface area (Å²) in [7, 11) is 0. The van der Waals surface area contributed by atoms with Crippen LogP contribution >= 0.6 is 0 Å². The van der Waals surface area contributed by atoms with Gasteiger partial charge in [-0.05, 0) is 32.0 Å². The summed E-state index contributed by atoms with van der Waals surface area (Å²) in [6.07, 6.45) is 0. The number of carbonyl (C=O) groups is 1. The average molecular weight is 350 g/mol. The van der Waals surface area contributed by atoms with Crippen LogP contribution in [0.4, 0.5) is 20.2 Å². The maximum Gasteiger partial charge on any atom is 0.292 e. The first-order valence-electron chi connectivity index (χ1n) is 7.63. The third-order valence-electron chi connectivity index (χ3n) is 3.80. The summed E-state index contributed by atoms with van der Waals surface area (Å²) in [5.41, 5.74) is 0.158. The zero-order valence-corrected chi connectivity index (χ0v) is 13.7. The van der Waals surface area contributed by atoms with Crippen LogP contribution in [0, 0.1) is 21.7 Å². The molecule has 3 N–H and O–H groups in total. The molecule has 1 amide bonds. The molecule has 0 saturated heterocycles. The molecule has 6 nitrogen and oxygen atoms in total. The van der Waals surface area contributed by atoms with Crippen LogP contribution in [-0.2, 0) is 4.79 Å². The average Bonchev–Trinajstić information content (AvgIpc) is 2.54. The standard InChI is InChI=1S/C17H17F2N3O3/c1-10(13-8-7-12(18)9-14(13)19)20-11(2)17(23)21-15-5-3-4-6-16(15)22(24)25/h3-11,20H,1-2H3,(H,21,23)/p+1/t10-,11+/m1/s1. The van der Waals surface area contributed by atoms with Crippen molar-refractivity contribution < 1.29 is 23.8 Å². The lowest BCUT2D eigenvalue weighted by atomic mass is 10.1. The highest BCUT2D eigenvalue weighted by Crippen LogP contribution is 2.23. The molecule has 0 radical (unpaired) electrons. The van der Waals surface area contributed by atoms with E-state index < -0.39 is 34.5 Å². The number of para-hydroxylation sites is 2. The SMILES string of the molecule is C[C@H]([NH2+][C@H](C)c1ccc(F)cc1F)C(=O)Nc1ccccc1[N+](=O)[O-]. The number of anilines is 1. The molecule has 8 heteroatoms. The maximum atomic E-state index is 13.8. The number of quaternary nitrogens is 1. The molecule has 0 aliphatic heterocycles. The lowest BCUT2D eigenvalue weighted by molar-refractivity contribution is -0.710. The Hall–Kier alpha value is -2.87. The van der Waals surface area contributed by atoms with Gasteiger partial charge in [-0.2, -0.15) is 0 Å². The summed E-state index contributed by atoms with van der Waals surface area (Å²) in [5, 5.41) is 15.1. The second-order valence-corrected chi connectivity index (χ2v) is 5.70. The van der Waals surface area contributed by atoms with Gasteiger partial charge in [0.05, 0.1) is 4.92 Å². The molecule has 0 unspecified atom stereocenters. The van der Waals surface area contributed by atoms with Gasteiger partial charge in [0.1, 0.15) is 23.4 Å². The van der Waals surface area contributed by atoms with Crippen LogP contribution in [-0.4, -0.2) is 16.9 Å². The monoisotopic (exact) mass is 350 g/mol. The smallest absolute Gasteiger partial charge is 0.292 e. The summed E-state index contributed by atoms with van der Waals surface area (Å²) in [4.78, 5) is 22.7. The number of rotatable bonds is 6. The molecule has 0 spiro atoms. The lowest BCUT2D eigenvalue weighted by Crippen LogP contribution is -2.91. The van der Waals surface area contributed by atoms with Gasteiger partial charge in [0.25, 0.3) is 11.6 Å². The quantitative estimate of drug-likeness (QED) is 0.620. The number of nitro benzene ring substituents is 1. The molecule has 0 aromatic heterocycles. The van der Waals surface area contributed by atoms with Crippen LogP contribution in [0.5, 0.6) is 0 Å². The first-order valence-corrected chi connectivity index (χ1v) is 7.63. The van der Waals surface area contributed by atoms with E-state index in [0.717, 1.165) is 12.1 Å². The third-order valence-corrected chi connectivity index (χ3v) is 3.80. The molecule has 0 heterocycles. The Balaban J connectivity index is 2.06. The van der Waals surface area contributed by atoms with Crippen molar-refractivity contribution in [3.8, 4) is 0 Å². The highest BCUT2D eigenvalue weighted by atomic mass is 19.1. The van der Waals surface area contributed by atoms with Crippen molar-refractivity contribution in [3.63, 3.8) is 0 Å². The van der Waals surface area contributed by atoms with Gasteiger partial charge in [-0.15, -0.1) is 0 Å². The molecule has 0 saturated carbocycles. The van der Waals surface area contributed by atoms with Gasteiger partial charge in [0, 0.05) is 17.7 Å². The van der Waals surface area contributed by atoms with Gasteiger partial charge in [0.2, 0.25) is 0 Å². The first kappa shape index (κ1) is 18.5. The Morgan fingerprint density at radius 2 is 1.88 bits per heavy atom. The highest BCUT2D eigenvalue weighted by molar-refractivity contribution is 5.95. The number of carbonyl (C=O) groups excluding carboxylic acids is 1. The Morgan fingerprint density at radius 1 is 1.20 bits per heavy atom. The van der Waals surface area contributed by atoms with Crippen molar-refractivity contribution in [1.29, 1.82) is 0 Å². The maximum absolute atomic E-state index is 13.8.